The van der Waals surface area contributed by atoms with E-state index in [9.17, 15) is 13.5 Å². The van der Waals surface area contributed by atoms with E-state index < -0.39 is 16.1 Å². The number of nitrogens with zero attached hydrogens (tertiary/aromatic N) is 1. The molecule has 0 aromatic heterocycles. The van der Waals surface area contributed by atoms with Crippen LogP contribution in [0.15, 0.2) is 23.1 Å². The number of hydrogen-bond donors (Lipinski definition) is 1. The summed E-state index contributed by atoms with van der Waals surface area (Å²) >= 11 is 11.8. The van der Waals surface area contributed by atoms with Gasteiger partial charge in [-0.3, -0.25) is 0 Å². The van der Waals surface area contributed by atoms with Crippen LogP contribution in [-0.2, 0) is 10.0 Å². The largest absolute Gasteiger partial charge is 0.393 e. The summed E-state index contributed by atoms with van der Waals surface area (Å²) in [7, 11) is -3.65. The highest BCUT2D eigenvalue weighted by Crippen LogP contribution is 2.31. The van der Waals surface area contributed by atoms with E-state index in [1.54, 1.807) is 13.0 Å². The van der Waals surface area contributed by atoms with Crippen molar-refractivity contribution in [3.63, 3.8) is 0 Å². The lowest BCUT2D eigenvalue weighted by Crippen LogP contribution is -2.30. The van der Waals surface area contributed by atoms with Crippen LogP contribution in [0.1, 0.15) is 13.3 Å². The van der Waals surface area contributed by atoms with Gasteiger partial charge >= 0.3 is 0 Å². The molecule has 2 rings (SSSR count). The second kappa shape index (κ2) is 5.58. The molecule has 0 saturated carbocycles. The maximum absolute atomic E-state index is 12.5. The van der Waals surface area contributed by atoms with Crippen LogP contribution in [-0.4, -0.2) is 37.0 Å². The topological polar surface area (TPSA) is 57.6 Å². The smallest absolute Gasteiger partial charge is 0.244 e. The third kappa shape index (κ3) is 3.06. The molecule has 1 aromatic carbocycles. The molecule has 0 bridgehead atoms. The highest BCUT2D eigenvalue weighted by molar-refractivity contribution is 7.89. The van der Waals surface area contributed by atoms with Gasteiger partial charge in [-0.1, -0.05) is 23.2 Å². The maximum atomic E-state index is 12.5. The first-order valence-corrected chi connectivity index (χ1v) is 8.15. The van der Waals surface area contributed by atoms with Gasteiger partial charge in [-0.25, -0.2) is 8.42 Å². The molecule has 0 spiro atoms. The lowest BCUT2D eigenvalue weighted by Gasteiger charge is -2.18. The van der Waals surface area contributed by atoms with Crippen molar-refractivity contribution in [3.05, 3.63) is 28.2 Å². The van der Waals surface area contributed by atoms with E-state index in [0.29, 0.717) is 24.5 Å². The number of hydrogen-bond acceptors (Lipinski definition) is 3. The standard InChI is InChI=1S/C12H15Cl2NO3S/c1-8(16)9-4-5-15(7-9)19(17,18)12-6-10(13)2-3-11(12)14/h2-3,6,8-9,16H,4-5,7H2,1H3. The van der Waals surface area contributed by atoms with Gasteiger partial charge in [0.05, 0.1) is 11.1 Å². The van der Waals surface area contributed by atoms with Gasteiger partial charge < -0.3 is 5.11 Å². The van der Waals surface area contributed by atoms with Crippen LogP contribution in [0, 0.1) is 5.92 Å². The summed E-state index contributed by atoms with van der Waals surface area (Å²) in [6, 6.07) is 4.37. The first kappa shape index (κ1) is 15.1. The normalized spacial score (nSPS) is 22.6. The van der Waals surface area contributed by atoms with Crippen molar-refractivity contribution in [2.45, 2.75) is 24.3 Å². The van der Waals surface area contributed by atoms with Crippen LogP contribution in [0.4, 0.5) is 0 Å². The molecule has 1 fully saturated rings. The molecular weight excluding hydrogens is 309 g/mol. The second-order valence-corrected chi connectivity index (χ2v) is 7.48. The van der Waals surface area contributed by atoms with Crippen molar-refractivity contribution < 1.29 is 13.5 Å². The van der Waals surface area contributed by atoms with Crippen LogP contribution in [0.2, 0.25) is 10.0 Å². The summed E-state index contributed by atoms with van der Waals surface area (Å²) in [6.07, 6.45) is 0.129. The molecule has 1 aliphatic rings. The number of rotatable bonds is 3. The van der Waals surface area contributed by atoms with Gasteiger partial charge in [-0.05, 0) is 37.5 Å². The van der Waals surface area contributed by atoms with Gasteiger partial charge in [0.25, 0.3) is 0 Å². The third-order valence-corrected chi connectivity index (χ3v) is 5.96. The fourth-order valence-corrected chi connectivity index (χ4v) is 4.43. The Morgan fingerprint density at radius 3 is 2.68 bits per heavy atom. The summed E-state index contributed by atoms with van der Waals surface area (Å²) in [5, 5.41) is 10.0. The number of aliphatic hydroxyl groups excluding tert-OH is 1. The Bertz CT molecular complexity index is 574. The molecule has 106 valence electrons. The Labute approximate surface area is 123 Å². The van der Waals surface area contributed by atoms with E-state index in [0.717, 1.165) is 0 Å². The average molecular weight is 324 g/mol. The van der Waals surface area contributed by atoms with Crippen LogP contribution in [0.25, 0.3) is 0 Å². The van der Waals surface area contributed by atoms with E-state index in [2.05, 4.69) is 0 Å². The molecule has 2 atom stereocenters. The minimum Gasteiger partial charge on any atom is -0.393 e. The quantitative estimate of drug-likeness (QED) is 0.929. The van der Waals surface area contributed by atoms with Crippen molar-refractivity contribution in [2.75, 3.05) is 13.1 Å². The summed E-state index contributed by atoms with van der Waals surface area (Å²) in [6.45, 7) is 2.37. The number of halogens is 2. The van der Waals surface area contributed by atoms with E-state index in [1.165, 1.54) is 16.4 Å². The van der Waals surface area contributed by atoms with Gasteiger partial charge in [-0.15, -0.1) is 0 Å². The number of sulfonamides is 1. The monoisotopic (exact) mass is 323 g/mol. The molecule has 4 nitrogen and oxygen atoms in total. The first-order chi connectivity index (χ1) is 8.82. The fourth-order valence-electron chi connectivity index (χ4n) is 2.18. The molecule has 0 radical (unpaired) electrons. The fraction of sp³-hybridized carbons (Fsp3) is 0.500. The Hall–Kier alpha value is -0.330. The highest BCUT2D eigenvalue weighted by atomic mass is 35.5. The van der Waals surface area contributed by atoms with Gasteiger partial charge in [0, 0.05) is 18.1 Å². The Morgan fingerprint density at radius 2 is 2.11 bits per heavy atom. The van der Waals surface area contributed by atoms with Crippen molar-refractivity contribution in [1.29, 1.82) is 0 Å². The molecule has 19 heavy (non-hydrogen) atoms. The van der Waals surface area contributed by atoms with Gasteiger partial charge in [-0.2, -0.15) is 4.31 Å². The summed E-state index contributed by atoms with van der Waals surface area (Å²) in [5.41, 5.74) is 0. The zero-order chi connectivity index (χ0) is 14.2. The molecule has 0 amide bonds. The zero-order valence-electron chi connectivity index (χ0n) is 10.4. The minimum atomic E-state index is -3.65. The van der Waals surface area contributed by atoms with E-state index in [1.807, 2.05) is 0 Å². The molecule has 1 N–H and O–H groups in total. The number of benzene rings is 1. The minimum absolute atomic E-state index is 0.0212. The average Bonchev–Trinajstić information content (AvgIpc) is 2.82. The molecule has 7 heteroatoms. The lowest BCUT2D eigenvalue weighted by atomic mass is 10.0. The molecule has 1 aromatic rings. The molecule has 1 saturated heterocycles. The van der Waals surface area contributed by atoms with E-state index in [4.69, 9.17) is 23.2 Å². The van der Waals surface area contributed by atoms with Gasteiger partial charge in [0.2, 0.25) is 10.0 Å². The van der Waals surface area contributed by atoms with Crippen LogP contribution < -0.4 is 0 Å². The Kier molecular flexibility index (Phi) is 4.42. The predicted octanol–water partition coefficient (Wildman–Crippen LogP) is 2.38. The van der Waals surface area contributed by atoms with E-state index in [-0.39, 0.29) is 15.8 Å². The maximum Gasteiger partial charge on any atom is 0.244 e. The Morgan fingerprint density at radius 1 is 1.42 bits per heavy atom. The van der Waals surface area contributed by atoms with Crippen LogP contribution in [0.3, 0.4) is 0 Å². The summed E-state index contributed by atoms with van der Waals surface area (Å²) in [4.78, 5) is 0.0212. The number of aliphatic hydroxyl groups is 1. The zero-order valence-corrected chi connectivity index (χ0v) is 12.7. The van der Waals surface area contributed by atoms with Crippen molar-refractivity contribution >= 4 is 33.2 Å². The summed E-state index contributed by atoms with van der Waals surface area (Å²) in [5.74, 6) is -0.0345. The van der Waals surface area contributed by atoms with Crippen LogP contribution in [0.5, 0.6) is 0 Å². The highest BCUT2D eigenvalue weighted by Gasteiger charge is 2.35. The molecule has 2 unspecified atom stereocenters. The van der Waals surface area contributed by atoms with Crippen molar-refractivity contribution in [3.8, 4) is 0 Å². The predicted molar refractivity (Wildman–Crippen MR) is 75.0 cm³/mol. The third-order valence-electron chi connectivity index (χ3n) is 3.38. The van der Waals surface area contributed by atoms with Gasteiger partial charge in [0.15, 0.2) is 0 Å². The SMILES string of the molecule is CC(O)C1CCN(S(=O)(=O)c2cc(Cl)ccc2Cl)C1. The summed E-state index contributed by atoms with van der Waals surface area (Å²) < 4.78 is 26.3. The van der Waals surface area contributed by atoms with Gasteiger partial charge in [0.1, 0.15) is 4.90 Å². The molecule has 1 aliphatic heterocycles. The molecular formula is C12H15Cl2NO3S. The van der Waals surface area contributed by atoms with E-state index >= 15 is 0 Å². The van der Waals surface area contributed by atoms with Crippen molar-refractivity contribution in [2.24, 2.45) is 5.92 Å². The Balaban J connectivity index is 2.31. The van der Waals surface area contributed by atoms with Crippen molar-refractivity contribution in [1.82, 2.24) is 4.31 Å². The lowest BCUT2D eigenvalue weighted by molar-refractivity contribution is 0.133. The molecule has 0 aliphatic carbocycles. The van der Waals surface area contributed by atoms with Crippen LogP contribution >= 0.6 is 23.2 Å². The first-order valence-electron chi connectivity index (χ1n) is 5.95. The second-order valence-electron chi connectivity index (χ2n) is 4.73. The molecule has 1 heterocycles.